The van der Waals surface area contributed by atoms with Crippen LogP contribution in [0.4, 0.5) is 0 Å². The van der Waals surface area contributed by atoms with Gasteiger partial charge in [0.25, 0.3) is 0 Å². The Morgan fingerprint density at radius 2 is 1.34 bits per heavy atom. The molecule has 0 aliphatic heterocycles. The molecule has 3 aromatic carbocycles. The Hall–Kier alpha value is -3.75. The predicted octanol–water partition coefficient (Wildman–Crippen LogP) is 4.22. The number of halogens is 1. The van der Waals surface area contributed by atoms with Crippen LogP contribution in [-0.2, 0) is 24.0 Å². The molecular formula is C26H17ClN4O3V. The van der Waals surface area contributed by atoms with Gasteiger partial charge in [-0.25, -0.2) is 0 Å². The van der Waals surface area contributed by atoms with E-state index in [0.717, 1.165) is 21.8 Å². The standard InChI is InChI=1S/C14H11ClN2O2.C12H8N2.O.V/c15-12-7-5-10(6-8-12)14(19)17-16-9-11-3-1-2-4-13(11)18;1-3-9-5-6-10-4-2-8-14-12(10)11(9)13-7-1;;/h1-9,18H,(H,17,19);1-8H;;/q;;-2;+4/p-2/b16-9+;;;. The molecule has 0 aliphatic rings. The van der Waals surface area contributed by atoms with Crippen LogP contribution in [0.1, 0.15) is 11.1 Å². The van der Waals surface area contributed by atoms with Gasteiger partial charge in [-0.05, 0) is 35.4 Å². The molecule has 7 nitrogen and oxygen atoms in total. The second-order valence-electron chi connectivity index (χ2n) is 6.91. The summed E-state index contributed by atoms with van der Waals surface area (Å²) in [6, 6.07) is 24.8. The minimum Gasteiger partial charge on any atom is -2.00 e. The van der Waals surface area contributed by atoms with Gasteiger partial charge in [-0.1, -0.05) is 78.0 Å². The van der Waals surface area contributed by atoms with Gasteiger partial charge < -0.3 is 15.7 Å². The third-order valence-corrected chi connectivity index (χ3v) is 4.95. The average molecular weight is 520 g/mol. The monoisotopic (exact) mass is 519 g/mol. The van der Waals surface area contributed by atoms with E-state index < -0.39 is 5.90 Å². The number of hydrogen-bond donors (Lipinski definition) is 0. The zero-order valence-electron chi connectivity index (χ0n) is 18.2. The van der Waals surface area contributed by atoms with Crippen molar-refractivity contribution < 1.29 is 34.2 Å². The molecule has 0 aliphatic carbocycles. The van der Waals surface area contributed by atoms with Crippen molar-refractivity contribution in [2.24, 2.45) is 10.2 Å². The van der Waals surface area contributed by atoms with Crippen molar-refractivity contribution in [2.45, 2.75) is 0 Å². The first-order valence-electron chi connectivity index (χ1n) is 10.0. The number of para-hydroxylation sites is 1. The maximum atomic E-state index is 11.6. The fourth-order valence-corrected chi connectivity index (χ4v) is 3.19. The minimum atomic E-state index is -0.490. The summed E-state index contributed by atoms with van der Waals surface area (Å²) in [6.07, 6.45) is 4.86. The molecular weight excluding hydrogens is 503 g/mol. The molecule has 9 heteroatoms. The van der Waals surface area contributed by atoms with Gasteiger partial charge in [-0.15, -0.1) is 0 Å². The summed E-state index contributed by atoms with van der Waals surface area (Å²) in [5.74, 6) is -0.656. The normalized spacial score (nSPS) is 10.8. The van der Waals surface area contributed by atoms with Crippen molar-refractivity contribution >= 4 is 45.5 Å². The van der Waals surface area contributed by atoms with Crippen LogP contribution in [0.15, 0.2) is 108 Å². The second kappa shape index (κ2) is 13.2. The summed E-state index contributed by atoms with van der Waals surface area (Å²) in [5.41, 5.74) is 2.73. The topological polar surface area (TPSA) is 125 Å². The predicted molar refractivity (Wildman–Crippen MR) is 129 cm³/mol. The van der Waals surface area contributed by atoms with Crippen LogP contribution in [-0.4, -0.2) is 22.1 Å². The Morgan fingerprint density at radius 3 is 1.91 bits per heavy atom. The molecule has 0 spiro atoms. The van der Waals surface area contributed by atoms with E-state index in [-0.39, 0.29) is 29.8 Å². The first kappa shape index (κ1) is 27.5. The van der Waals surface area contributed by atoms with Crippen LogP contribution < -0.4 is 10.2 Å². The molecule has 2 aromatic heterocycles. The van der Waals surface area contributed by atoms with Crippen LogP contribution in [0, 0.1) is 0 Å². The van der Waals surface area contributed by atoms with Gasteiger partial charge in [0.15, 0.2) is 0 Å². The largest absolute Gasteiger partial charge is 4.00 e. The Balaban J connectivity index is 0.000000241. The van der Waals surface area contributed by atoms with Crippen molar-refractivity contribution in [1.82, 2.24) is 9.97 Å². The smallest absolute Gasteiger partial charge is 2.00 e. The van der Waals surface area contributed by atoms with E-state index in [0.29, 0.717) is 16.1 Å². The molecule has 0 fully saturated rings. The minimum absolute atomic E-state index is 0. The maximum Gasteiger partial charge on any atom is 4.00 e. The van der Waals surface area contributed by atoms with E-state index in [4.69, 9.17) is 11.6 Å². The summed E-state index contributed by atoms with van der Waals surface area (Å²) < 4.78 is 0. The number of fused-ring (bicyclic) bond motifs is 3. The van der Waals surface area contributed by atoms with Crippen molar-refractivity contribution in [2.75, 3.05) is 0 Å². The number of pyridine rings is 2. The SMILES string of the molecule is [O-2].[O-]/C(=N\N=C\c1ccccc1[O-])c1ccc(Cl)cc1.[V+4].c1cnc2c(c1)ccc1cccnc12. The van der Waals surface area contributed by atoms with E-state index in [1.807, 2.05) is 12.1 Å². The third-order valence-electron chi connectivity index (χ3n) is 4.70. The van der Waals surface area contributed by atoms with Crippen LogP contribution in [0.2, 0.25) is 5.02 Å². The van der Waals surface area contributed by atoms with E-state index in [1.165, 1.54) is 12.3 Å². The fourth-order valence-electron chi connectivity index (χ4n) is 3.06. The Labute approximate surface area is 218 Å². The Bertz CT molecular complexity index is 1410. The molecule has 0 saturated heterocycles. The van der Waals surface area contributed by atoms with Gasteiger partial charge in [-0.2, -0.15) is 10.2 Å². The van der Waals surface area contributed by atoms with Gasteiger partial charge in [-0.3, -0.25) is 9.97 Å². The number of aromatic nitrogens is 2. The van der Waals surface area contributed by atoms with Gasteiger partial charge in [0.05, 0.1) is 17.2 Å². The molecule has 0 atom stereocenters. The van der Waals surface area contributed by atoms with Gasteiger partial charge in [0.1, 0.15) is 0 Å². The Morgan fingerprint density at radius 1 is 0.771 bits per heavy atom. The zero-order valence-corrected chi connectivity index (χ0v) is 20.3. The van der Waals surface area contributed by atoms with Crippen molar-refractivity contribution in [1.29, 1.82) is 0 Å². The summed E-state index contributed by atoms with van der Waals surface area (Å²) in [6.45, 7) is 0. The van der Waals surface area contributed by atoms with Gasteiger partial charge in [0.2, 0.25) is 0 Å². The van der Waals surface area contributed by atoms with E-state index in [2.05, 4.69) is 44.4 Å². The fraction of sp³-hybridized carbons (Fsp3) is 0. The van der Waals surface area contributed by atoms with E-state index in [1.54, 1.807) is 54.9 Å². The molecule has 2 heterocycles. The number of hydrogen-bond acceptors (Lipinski definition) is 6. The first-order valence-corrected chi connectivity index (χ1v) is 10.4. The molecule has 0 bridgehead atoms. The molecule has 0 unspecified atom stereocenters. The molecule has 0 saturated carbocycles. The van der Waals surface area contributed by atoms with Crippen molar-refractivity contribution in [3.63, 3.8) is 0 Å². The quantitative estimate of drug-likeness (QED) is 0.153. The zero-order chi connectivity index (χ0) is 23.0. The molecule has 0 amide bonds. The van der Waals surface area contributed by atoms with E-state index in [9.17, 15) is 10.2 Å². The number of rotatable bonds is 3. The molecule has 5 rings (SSSR count). The number of nitrogens with zero attached hydrogens (tertiary/aromatic N) is 4. The van der Waals surface area contributed by atoms with Crippen LogP contribution in [0.5, 0.6) is 5.75 Å². The Kier molecular flexibility index (Phi) is 10.4. The summed E-state index contributed by atoms with van der Waals surface area (Å²) >= 11 is 5.71. The maximum absolute atomic E-state index is 11.6. The molecule has 1 radical (unpaired) electrons. The van der Waals surface area contributed by atoms with Crippen LogP contribution in [0.3, 0.4) is 0 Å². The summed E-state index contributed by atoms with van der Waals surface area (Å²) in [4.78, 5) is 8.69. The second-order valence-corrected chi connectivity index (χ2v) is 7.35. The van der Waals surface area contributed by atoms with Crippen LogP contribution in [0.25, 0.3) is 21.8 Å². The van der Waals surface area contributed by atoms with Crippen molar-refractivity contribution in [3.8, 4) is 5.75 Å². The van der Waals surface area contributed by atoms with Gasteiger partial charge in [0, 0.05) is 34.1 Å². The van der Waals surface area contributed by atoms with Crippen molar-refractivity contribution in [3.05, 3.63) is 113 Å². The summed E-state index contributed by atoms with van der Waals surface area (Å²) in [7, 11) is 0. The number of benzene rings is 3. The third kappa shape index (κ3) is 7.12. The molecule has 5 aromatic rings. The molecule has 35 heavy (non-hydrogen) atoms. The van der Waals surface area contributed by atoms with E-state index >= 15 is 0 Å². The average Bonchev–Trinajstić information content (AvgIpc) is 2.86. The molecule has 0 N–H and O–H groups in total. The van der Waals surface area contributed by atoms with Gasteiger partial charge >= 0.3 is 18.6 Å². The molecule has 171 valence electrons. The first-order chi connectivity index (χ1) is 16.1. The summed E-state index contributed by atoms with van der Waals surface area (Å²) in [5, 5.41) is 32.9. The van der Waals surface area contributed by atoms with Crippen LogP contribution >= 0.6 is 11.6 Å².